The van der Waals surface area contributed by atoms with Crippen LogP contribution in [0.15, 0.2) is 24.3 Å². The zero-order valence-electron chi connectivity index (χ0n) is 10.8. The number of carbonyl (C=O) groups is 1. The maximum absolute atomic E-state index is 12.7. The Bertz CT molecular complexity index is 468. The number of hydrogen-bond donors (Lipinski definition) is 1. The number of benzene rings is 1. The first-order valence-electron chi connectivity index (χ1n) is 5.53. The van der Waals surface area contributed by atoms with Crippen molar-refractivity contribution in [1.82, 2.24) is 4.90 Å². The molecule has 0 fully saturated rings. The third-order valence-corrected chi connectivity index (χ3v) is 2.35. The third kappa shape index (κ3) is 3.89. The molecule has 0 unspecified atom stereocenters. The second-order valence-electron chi connectivity index (χ2n) is 4.46. The molecule has 1 rings (SSSR count). The molecule has 0 bridgehead atoms. The van der Waals surface area contributed by atoms with E-state index < -0.39 is 18.0 Å². The van der Waals surface area contributed by atoms with Gasteiger partial charge in [-0.25, -0.2) is 0 Å². The molecular weight excluding hydrogens is 283 g/mol. The van der Waals surface area contributed by atoms with Gasteiger partial charge in [-0.2, -0.15) is 22.0 Å². The van der Waals surface area contributed by atoms with Gasteiger partial charge in [0, 0.05) is 12.2 Å². The Morgan fingerprint density at radius 2 is 1.60 bits per heavy atom. The molecule has 20 heavy (non-hydrogen) atoms. The first kappa shape index (κ1) is 16.4. The van der Waals surface area contributed by atoms with Crippen LogP contribution in [0.25, 0.3) is 0 Å². The maximum Gasteiger partial charge on any atom is 0.463 e. The van der Waals surface area contributed by atoms with Crippen LogP contribution in [0.1, 0.15) is 5.56 Å². The lowest BCUT2D eigenvalue weighted by Crippen LogP contribution is -2.47. The number of nitrogens with one attached hydrogen (secondary N) is 1. The minimum absolute atomic E-state index is 0.124. The quantitative estimate of drug-likeness (QED) is 0.867. The molecule has 8 heteroatoms. The van der Waals surface area contributed by atoms with Gasteiger partial charge in [-0.15, -0.1) is 0 Å². The average Bonchev–Trinajstić information content (AvgIpc) is 2.29. The number of amides is 1. The van der Waals surface area contributed by atoms with Gasteiger partial charge in [0.05, 0.1) is 0 Å². The Morgan fingerprint density at radius 1 is 1.10 bits per heavy atom. The van der Waals surface area contributed by atoms with Gasteiger partial charge in [-0.3, -0.25) is 4.79 Å². The Morgan fingerprint density at radius 3 is 2.00 bits per heavy atom. The summed E-state index contributed by atoms with van der Waals surface area (Å²) in [5, 5.41) is 1.55. The number of nitrogens with zero attached hydrogens (tertiary/aromatic N) is 1. The normalized spacial score (nSPS) is 12.6. The van der Waals surface area contributed by atoms with Gasteiger partial charge < -0.3 is 10.2 Å². The molecule has 3 nitrogen and oxygen atoms in total. The minimum Gasteiger partial charge on any atom is -0.321 e. The highest BCUT2D eigenvalue weighted by Crippen LogP contribution is 2.36. The Labute approximate surface area is 112 Å². The summed E-state index contributed by atoms with van der Waals surface area (Å²) in [5.41, 5.74) is 0.706. The molecule has 0 aromatic heterocycles. The number of alkyl halides is 5. The monoisotopic (exact) mass is 296 g/mol. The number of rotatable bonds is 4. The standard InChI is InChI=1S/C12H13F5N2O/c1-19(2)7-8-3-5-9(6-4-8)18-10(20)11(13,14)12(15,16)17/h3-6H,7H2,1-2H3,(H,18,20). The van der Waals surface area contributed by atoms with Crippen molar-refractivity contribution in [2.24, 2.45) is 0 Å². The highest BCUT2D eigenvalue weighted by atomic mass is 19.4. The Hall–Kier alpha value is -1.70. The number of hydrogen-bond acceptors (Lipinski definition) is 2. The van der Waals surface area contributed by atoms with Gasteiger partial charge in [0.25, 0.3) is 0 Å². The summed E-state index contributed by atoms with van der Waals surface area (Å²) in [6.07, 6.45) is -5.91. The molecule has 0 saturated carbocycles. The molecule has 0 aliphatic heterocycles. The summed E-state index contributed by atoms with van der Waals surface area (Å²) in [5.74, 6) is -7.82. The van der Waals surface area contributed by atoms with Crippen LogP contribution in [0.2, 0.25) is 0 Å². The van der Waals surface area contributed by atoms with Gasteiger partial charge in [0.15, 0.2) is 0 Å². The van der Waals surface area contributed by atoms with E-state index in [0.29, 0.717) is 6.54 Å². The lowest BCUT2D eigenvalue weighted by atomic mass is 10.2. The van der Waals surface area contributed by atoms with E-state index in [1.54, 1.807) is 5.32 Å². The van der Waals surface area contributed by atoms with Gasteiger partial charge in [0.2, 0.25) is 0 Å². The van der Waals surface area contributed by atoms with Crippen LogP contribution in [-0.4, -0.2) is 37.0 Å². The highest BCUT2D eigenvalue weighted by Gasteiger charge is 2.63. The molecule has 1 N–H and O–H groups in total. The molecule has 0 aliphatic rings. The smallest absolute Gasteiger partial charge is 0.321 e. The van der Waals surface area contributed by atoms with E-state index in [2.05, 4.69) is 0 Å². The predicted octanol–water partition coefficient (Wildman–Crippen LogP) is 2.88. The molecule has 0 saturated heterocycles. The largest absolute Gasteiger partial charge is 0.463 e. The van der Waals surface area contributed by atoms with Crippen LogP contribution in [0.3, 0.4) is 0 Å². The molecule has 1 aromatic rings. The molecule has 1 aromatic carbocycles. The first-order valence-corrected chi connectivity index (χ1v) is 5.53. The summed E-state index contributed by atoms with van der Waals surface area (Å²) >= 11 is 0. The molecule has 0 aliphatic carbocycles. The summed E-state index contributed by atoms with van der Waals surface area (Å²) in [6, 6.07) is 5.59. The number of carbonyl (C=O) groups excluding carboxylic acids is 1. The fourth-order valence-corrected chi connectivity index (χ4v) is 1.40. The van der Waals surface area contributed by atoms with Crippen molar-refractivity contribution in [2.45, 2.75) is 18.6 Å². The van der Waals surface area contributed by atoms with Gasteiger partial charge in [0.1, 0.15) is 0 Å². The van der Waals surface area contributed by atoms with Crippen molar-refractivity contribution >= 4 is 11.6 Å². The van der Waals surface area contributed by atoms with Crippen LogP contribution in [0.5, 0.6) is 0 Å². The van der Waals surface area contributed by atoms with Gasteiger partial charge in [-0.1, -0.05) is 12.1 Å². The van der Waals surface area contributed by atoms with E-state index >= 15 is 0 Å². The lowest BCUT2D eigenvalue weighted by molar-refractivity contribution is -0.267. The zero-order valence-corrected chi connectivity index (χ0v) is 10.8. The highest BCUT2D eigenvalue weighted by molar-refractivity contribution is 5.96. The molecule has 0 atom stereocenters. The minimum atomic E-state index is -5.91. The molecule has 0 heterocycles. The topological polar surface area (TPSA) is 32.3 Å². The summed E-state index contributed by atoms with van der Waals surface area (Å²) < 4.78 is 61.4. The van der Waals surface area contributed by atoms with Crippen LogP contribution in [0.4, 0.5) is 27.6 Å². The third-order valence-electron chi connectivity index (χ3n) is 2.35. The molecule has 1 amide bonds. The molecule has 112 valence electrons. The van der Waals surface area contributed by atoms with Crippen LogP contribution < -0.4 is 5.32 Å². The van der Waals surface area contributed by atoms with E-state index in [0.717, 1.165) is 5.56 Å². The van der Waals surface area contributed by atoms with Crippen molar-refractivity contribution < 1.29 is 26.7 Å². The van der Waals surface area contributed by atoms with Gasteiger partial charge in [-0.05, 0) is 31.8 Å². The Kier molecular flexibility index (Phi) is 4.69. The number of halogens is 5. The van der Waals surface area contributed by atoms with E-state index in [1.165, 1.54) is 24.3 Å². The van der Waals surface area contributed by atoms with E-state index in [4.69, 9.17) is 0 Å². The van der Waals surface area contributed by atoms with Crippen molar-refractivity contribution in [3.63, 3.8) is 0 Å². The zero-order chi connectivity index (χ0) is 15.6. The van der Waals surface area contributed by atoms with E-state index in [-0.39, 0.29) is 5.69 Å². The van der Waals surface area contributed by atoms with Crippen molar-refractivity contribution in [1.29, 1.82) is 0 Å². The average molecular weight is 296 g/mol. The first-order chi connectivity index (χ1) is 9.04. The van der Waals surface area contributed by atoms with Crippen LogP contribution in [0, 0.1) is 0 Å². The van der Waals surface area contributed by atoms with Gasteiger partial charge >= 0.3 is 18.0 Å². The Balaban J connectivity index is 2.77. The number of anilines is 1. The van der Waals surface area contributed by atoms with E-state index in [9.17, 15) is 26.7 Å². The second kappa shape index (κ2) is 5.74. The fourth-order valence-electron chi connectivity index (χ4n) is 1.40. The SMILES string of the molecule is CN(C)Cc1ccc(NC(=O)C(F)(F)C(F)(F)F)cc1. The lowest BCUT2D eigenvalue weighted by Gasteiger charge is -2.18. The fraction of sp³-hybridized carbons (Fsp3) is 0.417. The summed E-state index contributed by atoms with van der Waals surface area (Å²) in [7, 11) is 3.64. The summed E-state index contributed by atoms with van der Waals surface area (Å²) in [4.78, 5) is 12.8. The van der Waals surface area contributed by atoms with Crippen molar-refractivity contribution in [3.05, 3.63) is 29.8 Å². The second-order valence-corrected chi connectivity index (χ2v) is 4.46. The molecular formula is C12H13F5N2O. The molecule has 0 radical (unpaired) electrons. The van der Waals surface area contributed by atoms with Crippen LogP contribution >= 0.6 is 0 Å². The van der Waals surface area contributed by atoms with E-state index in [1.807, 2.05) is 19.0 Å². The molecule has 0 spiro atoms. The van der Waals surface area contributed by atoms with Crippen LogP contribution in [-0.2, 0) is 11.3 Å². The maximum atomic E-state index is 12.7. The summed E-state index contributed by atoms with van der Waals surface area (Å²) in [6.45, 7) is 0.576. The predicted molar refractivity (Wildman–Crippen MR) is 63.5 cm³/mol. The van der Waals surface area contributed by atoms with Crippen molar-refractivity contribution in [2.75, 3.05) is 19.4 Å². The van der Waals surface area contributed by atoms with Crippen molar-refractivity contribution in [3.8, 4) is 0 Å².